The molecule has 1 unspecified atom stereocenters. The topological polar surface area (TPSA) is 68.8 Å². The highest BCUT2D eigenvalue weighted by molar-refractivity contribution is 5.51. The fraction of sp³-hybridized carbons (Fsp3) is 0.214. The molecule has 3 rings (SSSR count). The van der Waals surface area contributed by atoms with Crippen LogP contribution in [0.2, 0.25) is 0 Å². The number of tetrazole rings is 1. The second kappa shape index (κ2) is 5.56. The number of hydrogen-bond donors (Lipinski definition) is 1. The number of benzene rings is 1. The molecule has 102 valence electrons. The summed E-state index contributed by atoms with van der Waals surface area (Å²) in [7, 11) is 0. The largest absolute Gasteiger partial charge is 0.467 e. The lowest BCUT2D eigenvalue weighted by atomic mass is 10.1. The van der Waals surface area contributed by atoms with E-state index in [4.69, 9.17) is 4.42 Å². The number of rotatable bonds is 5. The molecular weight excluding hydrogens is 254 g/mol. The monoisotopic (exact) mass is 269 g/mol. The van der Waals surface area contributed by atoms with Crippen LogP contribution in [0.3, 0.4) is 0 Å². The Morgan fingerprint density at radius 3 is 2.95 bits per heavy atom. The van der Waals surface area contributed by atoms with E-state index in [-0.39, 0.29) is 6.04 Å². The van der Waals surface area contributed by atoms with E-state index in [1.165, 1.54) is 0 Å². The molecule has 0 spiro atoms. The van der Waals surface area contributed by atoms with Gasteiger partial charge in [0.2, 0.25) is 0 Å². The van der Waals surface area contributed by atoms with Gasteiger partial charge in [-0.15, -0.1) is 5.10 Å². The van der Waals surface area contributed by atoms with Crippen LogP contribution in [0.15, 0.2) is 53.4 Å². The molecule has 0 aliphatic carbocycles. The molecule has 2 aromatic heterocycles. The zero-order valence-electron chi connectivity index (χ0n) is 11.1. The number of hydrogen-bond acceptors (Lipinski definition) is 5. The molecule has 0 radical (unpaired) electrons. The van der Waals surface area contributed by atoms with E-state index >= 15 is 0 Å². The van der Waals surface area contributed by atoms with Gasteiger partial charge in [-0.3, -0.25) is 0 Å². The van der Waals surface area contributed by atoms with Crippen LogP contribution >= 0.6 is 0 Å². The summed E-state index contributed by atoms with van der Waals surface area (Å²) in [5.74, 6) is 0.931. The highest BCUT2D eigenvalue weighted by Gasteiger charge is 2.12. The smallest absolute Gasteiger partial charge is 0.143 e. The highest BCUT2D eigenvalue weighted by atomic mass is 16.3. The second-order valence-electron chi connectivity index (χ2n) is 4.43. The summed E-state index contributed by atoms with van der Waals surface area (Å²) in [6.45, 7) is 2.12. The lowest BCUT2D eigenvalue weighted by molar-refractivity contribution is 0.474. The van der Waals surface area contributed by atoms with E-state index < -0.39 is 0 Å². The van der Waals surface area contributed by atoms with E-state index in [0.29, 0.717) is 0 Å². The van der Waals surface area contributed by atoms with Gasteiger partial charge in [0.15, 0.2) is 0 Å². The summed E-state index contributed by atoms with van der Waals surface area (Å²) in [5, 5.41) is 14.6. The number of aromatic nitrogens is 4. The molecule has 0 bridgehead atoms. The Morgan fingerprint density at radius 1 is 1.30 bits per heavy atom. The van der Waals surface area contributed by atoms with Crippen LogP contribution in [0.4, 0.5) is 5.69 Å². The average Bonchev–Trinajstić information content (AvgIpc) is 3.17. The zero-order chi connectivity index (χ0) is 13.8. The molecule has 20 heavy (non-hydrogen) atoms. The Balaban J connectivity index is 1.82. The van der Waals surface area contributed by atoms with Crippen LogP contribution < -0.4 is 5.32 Å². The summed E-state index contributed by atoms with van der Waals surface area (Å²) in [4.78, 5) is 0. The van der Waals surface area contributed by atoms with Gasteiger partial charge in [-0.05, 0) is 47.2 Å². The van der Waals surface area contributed by atoms with Crippen molar-refractivity contribution in [3.05, 3.63) is 54.7 Å². The van der Waals surface area contributed by atoms with Gasteiger partial charge >= 0.3 is 0 Å². The van der Waals surface area contributed by atoms with Gasteiger partial charge in [0.1, 0.15) is 12.1 Å². The van der Waals surface area contributed by atoms with Crippen LogP contribution in [0.1, 0.15) is 25.1 Å². The standard InChI is InChI=1S/C14H15N5O/c1-2-13(14-7-4-8-20-14)16-11-5-3-6-12(9-11)19-10-15-17-18-19/h3-10,13,16H,2H2,1H3. The van der Waals surface area contributed by atoms with Crippen LogP contribution in [-0.4, -0.2) is 20.2 Å². The van der Waals surface area contributed by atoms with Gasteiger partial charge in [-0.2, -0.15) is 0 Å². The molecule has 2 heterocycles. The van der Waals surface area contributed by atoms with Gasteiger partial charge < -0.3 is 9.73 Å². The summed E-state index contributed by atoms with van der Waals surface area (Å²) in [5.41, 5.74) is 1.91. The van der Waals surface area contributed by atoms with E-state index in [0.717, 1.165) is 23.6 Å². The van der Waals surface area contributed by atoms with Crippen molar-refractivity contribution in [2.24, 2.45) is 0 Å². The molecule has 3 aromatic rings. The maximum absolute atomic E-state index is 5.46. The molecule has 0 aliphatic heterocycles. The molecule has 0 saturated carbocycles. The third-order valence-corrected chi connectivity index (χ3v) is 3.10. The van der Waals surface area contributed by atoms with Crippen molar-refractivity contribution in [2.75, 3.05) is 5.32 Å². The summed E-state index contributed by atoms with van der Waals surface area (Å²) in [6, 6.07) is 12.0. The van der Waals surface area contributed by atoms with Gasteiger partial charge in [0, 0.05) is 5.69 Å². The molecule has 1 aromatic carbocycles. The van der Waals surface area contributed by atoms with Crippen molar-refractivity contribution in [3.8, 4) is 5.69 Å². The average molecular weight is 269 g/mol. The van der Waals surface area contributed by atoms with E-state index in [9.17, 15) is 0 Å². The number of furan rings is 1. The fourth-order valence-electron chi connectivity index (χ4n) is 2.08. The van der Waals surface area contributed by atoms with E-state index in [1.54, 1.807) is 17.3 Å². The highest BCUT2D eigenvalue weighted by Crippen LogP contribution is 2.24. The first kappa shape index (κ1) is 12.4. The quantitative estimate of drug-likeness (QED) is 0.771. The van der Waals surface area contributed by atoms with Crippen molar-refractivity contribution < 1.29 is 4.42 Å². The minimum atomic E-state index is 0.147. The minimum Gasteiger partial charge on any atom is -0.467 e. The molecule has 0 saturated heterocycles. The molecule has 6 heteroatoms. The first-order chi connectivity index (χ1) is 9.86. The predicted octanol–water partition coefficient (Wildman–Crippen LogP) is 2.82. The molecule has 1 atom stereocenters. The molecule has 0 aliphatic rings. The van der Waals surface area contributed by atoms with Crippen molar-refractivity contribution in [2.45, 2.75) is 19.4 Å². The summed E-state index contributed by atoms with van der Waals surface area (Å²) >= 11 is 0. The Hall–Kier alpha value is -2.63. The third-order valence-electron chi connectivity index (χ3n) is 3.10. The molecule has 0 amide bonds. The van der Waals surface area contributed by atoms with Crippen LogP contribution in [-0.2, 0) is 0 Å². The van der Waals surface area contributed by atoms with Crippen molar-refractivity contribution >= 4 is 5.69 Å². The Bertz CT molecular complexity index is 648. The lowest BCUT2D eigenvalue weighted by Crippen LogP contribution is -2.09. The predicted molar refractivity (Wildman–Crippen MR) is 74.5 cm³/mol. The Labute approximate surface area is 116 Å². The SMILES string of the molecule is CCC(Nc1cccc(-n2cnnn2)c1)c1ccco1. The van der Waals surface area contributed by atoms with Gasteiger partial charge in [0.25, 0.3) is 0 Å². The van der Waals surface area contributed by atoms with E-state index in [1.807, 2.05) is 36.4 Å². The first-order valence-corrected chi connectivity index (χ1v) is 6.50. The summed E-state index contributed by atoms with van der Waals surface area (Å²) in [6.07, 6.45) is 4.20. The zero-order valence-corrected chi connectivity index (χ0v) is 11.1. The lowest BCUT2D eigenvalue weighted by Gasteiger charge is -2.16. The fourth-order valence-corrected chi connectivity index (χ4v) is 2.08. The first-order valence-electron chi connectivity index (χ1n) is 6.50. The van der Waals surface area contributed by atoms with Crippen molar-refractivity contribution in [3.63, 3.8) is 0 Å². The number of anilines is 1. The van der Waals surface area contributed by atoms with Crippen molar-refractivity contribution in [1.82, 2.24) is 20.2 Å². The normalized spacial score (nSPS) is 12.2. The Morgan fingerprint density at radius 2 is 2.25 bits per heavy atom. The molecule has 6 nitrogen and oxygen atoms in total. The second-order valence-corrected chi connectivity index (χ2v) is 4.43. The minimum absolute atomic E-state index is 0.147. The van der Waals surface area contributed by atoms with Crippen molar-refractivity contribution in [1.29, 1.82) is 0 Å². The van der Waals surface area contributed by atoms with Gasteiger partial charge in [0.05, 0.1) is 18.0 Å². The third kappa shape index (κ3) is 2.54. The number of nitrogens with one attached hydrogen (secondary N) is 1. The molecule has 1 N–H and O–H groups in total. The maximum atomic E-state index is 5.46. The van der Waals surface area contributed by atoms with Gasteiger partial charge in [-0.1, -0.05) is 13.0 Å². The maximum Gasteiger partial charge on any atom is 0.143 e. The Kier molecular flexibility index (Phi) is 3.45. The van der Waals surface area contributed by atoms with Gasteiger partial charge in [-0.25, -0.2) is 4.68 Å². The molecular formula is C14H15N5O. The molecule has 0 fully saturated rings. The number of nitrogens with zero attached hydrogens (tertiary/aromatic N) is 4. The van der Waals surface area contributed by atoms with Crippen LogP contribution in [0.5, 0.6) is 0 Å². The van der Waals surface area contributed by atoms with Crippen LogP contribution in [0, 0.1) is 0 Å². The van der Waals surface area contributed by atoms with E-state index in [2.05, 4.69) is 27.8 Å². The summed E-state index contributed by atoms with van der Waals surface area (Å²) < 4.78 is 7.09. The van der Waals surface area contributed by atoms with Crippen LogP contribution in [0.25, 0.3) is 5.69 Å².